The molecule has 0 fully saturated rings. The second-order valence-corrected chi connectivity index (χ2v) is 5.49. The van der Waals surface area contributed by atoms with Crippen molar-refractivity contribution in [2.45, 2.75) is 52.0 Å². The Balaban J connectivity index is 2.43. The highest BCUT2D eigenvalue weighted by Gasteiger charge is 2.16. The van der Waals surface area contributed by atoms with Gasteiger partial charge in [-0.15, -0.1) is 12.3 Å². The molecule has 1 rings (SSSR count). The van der Waals surface area contributed by atoms with Crippen LogP contribution in [-0.2, 0) is 0 Å². The lowest BCUT2D eigenvalue weighted by Crippen LogP contribution is -2.38. The minimum Gasteiger partial charge on any atom is -0.349 e. The fourth-order valence-electron chi connectivity index (χ4n) is 2.18. The quantitative estimate of drug-likeness (QED) is 0.561. The van der Waals surface area contributed by atoms with Gasteiger partial charge in [0.2, 0.25) is 0 Å². The first kappa shape index (κ1) is 16.3. The number of hydrogen-bond donors (Lipinski definition) is 1. The molecule has 2 nitrogen and oxygen atoms in total. The van der Waals surface area contributed by atoms with Gasteiger partial charge in [-0.2, -0.15) is 0 Å². The lowest BCUT2D eigenvalue weighted by molar-refractivity contribution is 0.0922. The van der Waals surface area contributed by atoms with Crippen molar-refractivity contribution in [1.29, 1.82) is 0 Å². The Morgan fingerprint density at radius 2 is 1.90 bits per heavy atom. The molecule has 1 amide bonds. The van der Waals surface area contributed by atoms with Gasteiger partial charge in [0, 0.05) is 18.0 Å². The van der Waals surface area contributed by atoms with Crippen LogP contribution in [0.15, 0.2) is 30.3 Å². The first-order chi connectivity index (χ1) is 9.65. The van der Waals surface area contributed by atoms with Crippen LogP contribution in [0, 0.1) is 18.3 Å². The van der Waals surface area contributed by atoms with Crippen LogP contribution in [0.3, 0.4) is 0 Å². The van der Waals surface area contributed by atoms with E-state index in [1.807, 2.05) is 30.3 Å². The van der Waals surface area contributed by atoms with Gasteiger partial charge in [0.05, 0.1) is 0 Å². The largest absolute Gasteiger partial charge is 0.349 e. The Morgan fingerprint density at radius 3 is 2.50 bits per heavy atom. The van der Waals surface area contributed by atoms with Crippen LogP contribution in [0.4, 0.5) is 0 Å². The fraction of sp³-hybridized carbons (Fsp3) is 0.500. The molecule has 0 aliphatic heterocycles. The molecule has 0 spiro atoms. The van der Waals surface area contributed by atoms with Crippen LogP contribution in [0.25, 0.3) is 0 Å². The van der Waals surface area contributed by atoms with Crippen molar-refractivity contribution in [2.24, 2.45) is 5.92 Å². The van der Waals surface area contributed by atoms with Crippen molar-refractivity contribution in [3.8, 4) is 12.3 Å². The molecule has 0 bridgehead atoms. The summed E-state index contributed by atoms with van der Waals surface area (Å²) in [7, 11) is 0. The Bertz CT molecular complexity index is 430. The molecule has 0 saturated carbocycles. The number of rotatable bonds is 8. The Labute approximate surface area is 123 Å². The number of hydrogen-bond acceptors (Lipinski definition) is 1. The van der Waals surface area contributed by atoms with E-state index >= 15 is 0 Å². The average molecular weight is 271 g/mol. The topological polar surface area (TPSA) is 29.1 Å². The molecule has 0 radical (unpaired) electrons. The summed E-state index contributed by atoms with van der Waals surface area (Å²) in [4.78, 5) is 12.2. The second kappa shape index (κ2) is 9.20. The molecule has 0 aliphatic rings. The van der Waals surface area contributed by atoms with E-state index in [1.165, 1.54) is 0 Å². The van der Waals surface area contributed by atoms with Gasteiger partial charge in [-0.1, -0.05) is 44.9 Å². The summed E-state index contributed by atoms with van der Waals surface area (Å²) in [6.45, 7) is 4.30. The van der Waals surface area contributed by atoms with E-state index in [4.69, 9.17) is 6.42 Å². The molecule has 0 aromatic heterocycles. The average Bonchev–Trinajstić information content (AvgIpc) is 2.46. The molecule has 0 heterocycles. The van der Waals surface area contributed by atoms with Crippen molar-refractivity contribution in [3.05, 3.63) is 35.9 Å². The van der Waals surface area contributed by atoms with E-state index in [9.17, 15) is 4.79 Å². The molecular weight excluding hydrogens is 246 g/mol. The van der Waals surface area contributed by atoms with Crippen LogP contribution in [-0.4, -0.2) is 11.9 Å². The van der Waals surface area contributed by atoms with Crippen molar-refractivity contribution in [3.63, 3.8) is 0 Å². The smallest absolute Gasteiger partial charge is 0.251 e. The standard InChI is InChI=1S/C18H25NO/c1-4-5-6-7-11-14-17(15(2)3)19-18(20)16-12-9-8-10-13-16/h1,8-10,12-13,15,17H,5-7,11,14H2,2-3H3,(H,19,20)/t17-/m0/s1. The number of amides is 1. The first-order valence-electron chi connectivity index (χ1n) is 7.44. The number of benzene rings is 1. The molecule has 1 N–H and O–H groups in total. The third-order valence-corrected chi connectivity index (χ3v) is 3.49. The van der Waals surface area contributed by atoms with E-state index in [-0.39, 0.29) is 11.9 Å². The summed E-state index contributed by atoms with van der Waals surface area (Å²) in [6, 6.07) is 9.62. The minimum absolute atomic E-state index is 0.0212. The predicted octanol–water partition coefficient (Wildman–Crippen LogP) is 4.02. The predicted molar refractivity (Wildman–Crippen MR) is 84.5 cm³/mol. The number of carbonyl (C=O) groups is 1. The van der Waals surface area contributed by atoms with Crippen LogP contribution >= 0.6 is 0 Å². The number of unbranched alkanes of at least 4 members (excludes halogenated alkanes) is 3. The minimum atomic E-state index is 0.0212. The Hall–Kier alpha value is -1.75. The number of carbonyl (C=O) groups excluding carboxylic acids is 1. The zero-order valence-corrected chi connectivity index (χ0v) is 12.6. The van der Waals surface area contributed by atoms with Gasteiger partial charge in [0.25, 0.3) is 5.91 Å². The van der Waals surface area contributed by atoms with E-state index in [2.05, 4.69) is 25.1 Å². The fourth-order valence-corrected chi connectivity index (χ4v) is 2.18. The lowest BCUT2D eigenvalue weighted by Gasteiger charge is -2.22. The molecular formula is C18H25NO. The molecule has 108 valence electrons. The van der Waals surface area contributed by atoms with Crippen LogP contribution in [0.5, 0.6) is 0 Å². The molecule has 1 aromatic carbocycles. The Kier molecular flexibility index (Phi) is 7.50. The third-order valence-electron chi connectivity index (χ3n) is 3.49. The van der Waals surface area contributed by atoms with Gasteiger partial charge in [0.1, 0.15) is 0 Å². The molecule has 0 aliphatic carbocycles. The van der Waals surface area contributed by atoms with Gasteiger partial charge in [-0.25, -0.2) is 0 Å². The second-order valence-electron chi connectivity index (χ2n) is 5.49. The highest BCUT2D eigenvalue weighted by Crippen LogP contribution is 2.13. The van der Waals surface area contributed by atoms with Crippen molar-refractivity contribution < 1.29 is 4.79 Å². The maximum atomic E-state index is 12.2. The SMILES string of the molecule is C#CCCCCC[C@H](NC(=O)c1ccccc1)C(C)C. The molecule has 0 unspecified atom stereocenters. The number of nitrogens with one attached hydrogen (secondary N) is 1. The normalized spacial score (nSPS) is 11.9. The van der Waals surface area contributed by atoms with Crippen molar-refractivity contribution >= 4 is 5.91 Å². The summed E-state index contributed by atoms with van der Waals surface area (Å²) < 4.78 is 0. The molecule has 20 heavy (non-hydrogen) atoms. The third kappa shape index (κ3) is 5.93. The number of terminal acetylenes is 1. The maximum absolute atomic E-state index is 12.2. The van der Waals surface area contributed by atoms with Crippen molar-refractivity contribution in [2.75, 3.05) is 0 Å². The van der Waals surface area contributed by atoms with Gasteiger partial charge in [-0.05, 0) is 30.9 Å². The molecule has 1 atom stereocenters. The summed E-state index contributed by atoms with van der Waals surface area (Å²) in [5, 5.41) is 3.14. The summed E-state index contributed by atoms with van der Waals surface area (Å²) in [5.41, 5.74) is 0.727. The van der Waals surface area contributed by atoms with Gasteiger partial charge in [-0.3, -0.25) is 4.79 Å². The van der Waals surface area contributed by atoms with Crippen LogP contribution in [0.1, 0.15) is 56.3 Å². The van der Waals surface area contributed by atoms with E-state index < -0.39 is 0 Å². The van der Waals surface area contributed by atoms with Gasteiger partial charge < -0.3 is 5.32 Å². The molecule has 2 heteroatoms. The van der Waals surface area contributed by atoms with Gasteiger partial charge >= 0.3 is 0 Å². The zero-order valence-electron chi connectivity index (χ0n) is 12.6. The van der Waals surface area contributed by atoms with E-state index in [0.717, 1.165) is 37.7 Å². The molecule has 0 saturated heterocycles. The summed E-state index contributed by atoms with van der Waals surface area (Å²) >= 11 is 0. The molecule has 1 aromatic rings. The zero-order chi connectivity index (χ0) is 14.8. The van der Waals surface area contributed by atoms with E-state index in [0.29, 0.717) is 5.92 Å². The summed E-state index contributed by atoms with van der Waals surface area (Å²) in [5.74, 6) is 3.12. The van der Waals surface area contributed by atoms with E-state index in [1.54, 1.807) is 0 Å². The highest BCUT2D eigenvalue weighted by molar-refractivity contribution is 5.94. The van der Waals surface area contributed by atoms with Crippen LogP contribution in [0.2, 0.25) is 0 Å². The van der Waals surface area contributed by atoms with Gasteiger partial charge in [0.15, 0.2) is 0 Å². The maximum Gasteiger partial charge on any atom is 0.251 e. The first-order valence-corrected chi connectivity index (χ1v) is 7.44. The Morgan fingerprint density at radius 1 is 1.20 bits per heavy atom. The van der Waals surface area contributed by atoms with Crippen molar-refractivity contribution in [1.82, 2.24) is 5.32 Å². The highest BCUT2D eigenvalue weighted by atomic mass is 16.1. The lowest BCUT2D eigenvalue weighted by atomic mass is 9.97. The summed E-state index contributed by atoms with van der Waals surface area (Å²) in [6.07, 6.45) is 10.4. The monoisotopic (exact) mass is 271 g/mol. The van der Waals surface area contributed by atoms with Crippen LogP contribution < -0.4 is 5.32 Å².